The average molecular weight is 850 g/mol. The van der Waals surface area contributed by atoms with Crippen LogP contribution in [0.1, 0.15) is 30.5 Å². The Morgan fingerprint density at radius 2 is 0.961 bits per heavy atom. The van der Waals surface area contributed by atoms with Crippen LogP contribution in [-0.4, -0.2) is 59.9 Å². The zero-order chi connectivity index (χ0) is 38.9. The van der Waals surface area contributed by atoms with Gasteiger partial charge in [0.2, 0.25) is 0 Å². The summed E-state index contributed by atoms with van der Waals surface area (Å²) in [5.74, 6) is 1.59. The minimum absolute atomic E-state index is 0. The quantitative estimate of drug-likeness (QED) is 0.121. The van der Waals surface area contributed by atoms with Crippen molar-refractivity contribution in [3.8, 4) is 0 Å². The summed E-state index contributed by atoms with van der Waals surface area (Å²) < 4.78 is 0. The summed E-state index contributed by atoms with van der Waals surface area (Å²) in [4.78, 5) is 4.59. The average Bonchev–Trinajstić information content (AvgIpc) is 2.79. The number of aliphatic imine (C=N–C) groups is 1. The van der Waals surface area contributed by atoms with Crippen LogP contribution in [0.15, 0.2) is 46.5 Å². The van der Waals surface area contributed by atoms with E-state index in [2.05, 4.69) is 174 Å². The van der Waals surface area contributed by atoms with Crippen molar-refractivity contribution >= 4 is 65.6 Å². The Kier molecular flexibility index (Phi) is 20.0. The maximum absolute atomic E-state index is 12.2. The molecule has 0 fully saturated rings. The van der Waals surface area contributed by atoms with Crippen LogP contribution < -0.4 is 12.4 Å². The van der Waals surface area contributed by atoms with Crippen LogP contribution >= 0.6 is 0 Å². The number of rotatable bonds is 11. The van der Waals surface area contributed by atoms with E-state index in [1.165, 1.54) is 27.8 Å². The molecule has 1 aromatic rings. The van der Waals surface area contributed by atoms with Crippen LogP contribution in [0.4, 0.5) is 5.69 Å². The molecule has 0 aliphatic heterocycles. The van der Waals surface area contributed by atoms with Gasteiger partial charge in [0.15, 0.2) is 0 Å². The van der Waals surface area contributed by atoms with E-state index in [0.29, 0.717) is 21.2 Å². The molecule has 0 spiro atoms. The molecule has 0 saturated heterocycles. The molecule has 51 heavy (non-hydrogen) atoms. The Bertz CT molecular complexity index is 1340. The second kappa shape index (κ2) is 19.2. The Morgan fingerprint density at radius 3 is 1.22 bits per heavy atom. The van der Waals surface area contributed by atoms with Crippen LogP contribution in [-0.2, 0) is 21.7 Å². The second-order valence-electron chi connectivity index (χ2n) is 21.5. The number of aryl methyl sites for hydroxylation is 3. The molecule has 0 atom stereocenters. The van der Waals surface area contributed by atoms with E-state index >= 15 is 0 Å². The summed E-state index contributed by atoms with van der Waals surface area (Å²) in [6.45, 7) is 56.0. The summed E-state index contributed by atoms with van der Waals surface area (Å²) >= 11 is 0. The number of hydrogen-bond acceptors (Lipinski definition) is 1. The first-order valence-corrected chi connectivity index (χ1v) is 40.1. The Hall–Kier alpha value is -0.0444. The van der Waals surface area contributed by atoms with Crippen molar-refractivity contribution in [1.82, 2.24) is 0 Å². The van der Waals surface area contributed by atoms with Crippen LogP contribution in [0.25, 0.3) is 5.41 Å². The van der Waals surface area contributed by atoms with Gasteiger partial charge in [-0.2, -0.15) is 0 Å². The fourth-order valence-corrected chi connectivity index (χ4v) is 48.0. The van der Waals surface area contributed by atoms with Crippen molar-refractivity contribution in [3.05, 3.63) is 75.6 Å². The van der Waals surface area contributed by atoms with E-state index in [-0.39, 0.29) is 34.1 Å². The monoisotopic (exact) mass is 848 g/mol. The molecular formula is C41H77ClN2Si6Ti-. The minimum Gasteiger partial charge on any atom is -1.00 e. The molecule has 287 valence electrons. The van der Waals surface area contributed by atoms with Gasteiger partial charge in [-0.25, -0.2) is 0 Å². The van der Waals surface area contributed by atoms with Gasteiger partial charge in [-0.1, -0.05) is 136 Å². The number of nitrogens with zero attached hydrogens (tertiary/aromatic N) is 2. The zero-order valence-corrected chi connectivity index (χ0v) is 45.7. The predicted molar refractivity (Wildman–Crippen MR) is 246 cm³/mol. The van der Waals surface area contributed by atoms with Gasteiger partial charge in [-0.15, -0.1) is 0 Å². The molecule has 0 unspecified atom stereocenters. The van der Waals surface area contributed by atoms with Crippen molar-refractivity contribution in [2.75, 3.05) is 0 Å². The van der Waals surface area contributed by atoms with E-state index < -0.39 is 48.4 Å². The Labute approximate surface area is 345 Å². The fourth-order valence-electron chi connectivity index (χ4n) is 9.84. The van der Waals surface area contributed by atoms with Crippen molar-refractivity contribution in [1.29, 1.82) is 0 Å². The van der Waals surface area contributed by atoms with Crippen molar-refractivity contribution in [2.24, 2.45) is 4.99 Å². The molecule has 1 aliphatic carbocycles. The maximum atomic E-state index is 12.2. The standard InChI is InChI=1S/C27H59NSi6.C14H18N.ClH.Ti/c1-29(2,3)25(30(4,5)6)21-19-22(26(31(7,8)9)32(10,11)12)24(28)23(20-21)27(33(13,14)15)34(16,17)18;1-6-7-13(5)15-14-11(3)8-10(2)9-12(14)4;;/h19-20,25-27H,1-18H3;7-9H,1-5H3;1H;/p-1. The Morgan fingerprint density at radius 1 is 0.647 bits per heavy atom. The molecule has 0 heterocycles. The van der Waals surface area contributed by atoms with Gasteiger partial charge in [0.25, 0.3) is 0 Å². The van der Waals surface area contributed by atoms with Gasteiger partial charge in [0.1, 0.15) is 0 Å². The second-order valence-corrected chi connectivity index (χ2v) is 55.1. The van der Waals surface area contributed by atoms with Crippen LogP contribution in [0.5, 0.6) is 0 Å². The van der Waals surface area contributed by atoms with Gasteiger partial charge < -0.3 is 17.8 Å². The van der Waals surface area contributed by atoms with E-state index in [1.807, 2.05) is 19.9 Å². The van der Waals surface area contributed by atoms with Gasteiger partial charge in [-0.3, -0.25) is 4.99 Å². The fraction of sp³-hybridized carbons (Fsp3) is 0.634. The third kappa shape index (κ3) is 15.2. The summed E-state index contributed by atoms with van der Waals surface area (Å²) in [7, 11) is -9.09. The van der Waals surface area contributed by atoms with Gasteiger partial charge in [0, 0.05) is 60.0 Å². The molecule has 2 nitrogen and oxygen atoms in total. The SMILES string of the molecule is C[C]=CC(C)=Nc1c(C)cc(C)cc1C.C[Si](C)(C)C(C1=C[C+](C([Si](C)(C)C)[Si](C)(C)C)C=C(C([Si](C)(C)C)[Si](C)(C)C)C1=[N-])[Si](C)(C)C.[Cl-].[Ti]. The Balaban J connectivity index is 0. The smallest absolute Gasteiger partial charge is 0.0691 e. The topological polar surface area (TPSA) is 34.7 Å². The summed E-state index contributed by atoms with van der Waals surface area (Å²) in [5, 5.41) is 14.0. The van der Waals surface area contributed by atoms with Crippen LogP contribution in [0, 0.1) is 32.8 Å². The van der Waals surface area contributed by atoms with Crippen molar-refractivity contribution < 1.29 is 34.1 Å². The third-order valence-electron chi connectivity index (χ3n) is 9.62. The molecule has 1 radical (unpaired) electrons. The van der Waals surface area contributed by atoms with E-state index in [0.717, 1.165) is 11.4 Å². The number of benzene rings is 1. The third-order valence-corrected chi connectivity index (χ3v) is 37.5. The van der Waals surface area contributed by atoms with E-state index in [4.69, 9.17) is 0 Å². The first kappa shape index (κ1) is 53.1. The molecule has 2 rings (SSSR count). The number of halogens is 1. The van der Waals surface area contributed by atoms with Gasteiger partial charge >= 0.3 is 0 Å². The zero-order valence-electron chi connectivity index (χ0n) is 37.4. The first-order valence-electron chi connectivity index (χ1n) is 18.7. The molecule has 10 heteroatoms. The molecule has 0 saturated carbocycles. The summed E-state index contributed by atoms with van der Waals surface area (Å²) in [5.41, 5.74) is 9.21. The minimum atomic E-state index is -1.55. The first-order chi connectivity index (χ1) is 21.6. The molecular weight excluding hydrogens is 772 g/mol. The summed E-state index contributed by atoms with van der Waals surface area (Å²) in [6.07, 6.45) is 9.98. The van der Waals surface area contributed by atoms with Crippen molar-refractivity contribution in [3.63, 3.8) is 0 Å². The van der Waals surface area contributed by atoms with Gasteiger partial charge in [0.05, 0.1) is 66.3 Å². The molecule has 0 aromatic heterocycles. The maximum Gasteiger partial charge on any atom is 0.0691 e. The molecule has 0 bridgehead atoms. The molecule has 0 N–H and O–H groups in total. The largest absolute Gasteiger partial charge is 1.00 e. The normalized spacial score (nSPS) is 15.5. The van der Waals surface area contributed by atoms with E-state index in [9.17, 15) is 5.41 Å². The van der Waals surface area contributed by atoms with Gasteiger partial charge in [-0.05, 0) is 63.6 Å². The van der Waals surface area contributed by atoms with Crippen LogP contribution in [0.2, 0.25) is 133 Å². The van der Waals surface area contributed by atoms with Crippen molar-refractivity contribution in [2.45, 2.75) is 168 Å². The molecule has 1 aliphatic rings. The van der Waals surface area contributed by atoms with E-state index in [1.54, 1.807) is 5.92 Å². The van der Waals surface area contributed by atoms with Crippen LogP contribution in [0.3, 0.4) is 0 Å². The molecule has 1 aromatic carbocycles. The number of hydrogen-bond donors (Lipinski definition) is 0. The number of allylic oxidation sites excluding steroid dienone is 6. The predicted octanol–water partition coefficient (Wildman–Crippen LogP) is 11.3. The molecule has 0 amide bonds. The summed E-state index contributed by atoms with van der Waals surface area (Å²) in [6, 6.07) is 4.33.